The summed E-state index contributed by atoms with van der Waals surface area (Å²) in [5.74, 6) is 0.907. The van der Waals surface area contributed by atoms with Crippen LogP contribution in [0.4, 0.5) is 5.69 Å². The van der Waals surface area contributed by atoms with E-state index in [0.717, 1.165) is 44.8 Å². The molecule has 0 saturated carbocycles. The van der Waals surface area contributed by atoms with Gasteiger partial charge in [0.05, 0.1) is 4.88 Å². The number of aryl methyl sites for hydroxylation is 2. The summed E-state index contributed by atoms with van der Waals surface area (Å²) in [5.41, 5.74) is 2.97. The van der Waals surface area contributed by atoms with Gasteiger partial charge >= 0.3 is 0 Å². The van der Waals surface area contributed by atoms with Crippen molar-refractivity contribution in [1.82, 2.24) is 0 Å². The van der Waals surface area contributed by atoms with Crippen LogP contribution in [-0.4, -0.2) is 11.5 Å². The summed E-state index contributed by atoms with van der Waals surface area (Å²) in [7, 11) is 0. The number of nitrogens with one attached hydrogen (secondary N) is 1. The second kappa shape index (κ2) is 5.88. The number of ether oxygens (including phenoxy) is 1. The minimum absolute atomic E-state index is 0.0517. The van der Waals surface area contributed by atoms with Gasteiger partial charge in [-0.1, -0.05) is 18.2 Å². The molecule has 1 aliphatic heterocycles. The van der Waals surface area contributed by atoms with Gasteiger partial charge in [-0.05, 0) is 74.4 Å². The van der Waals surface area contributed by atoms with Crippen molar-refractivity contribution in [1.29, 1.82) is 0 Å². The topological polar surface area (TPSA) is 38.3 Å². The van der Waals surface area contributed by atoms with Crippen molar-refractivity contribution in [3.63, 3.8) is 0 Å². The molecule has 1 aromatic heterocycles. The molecule has 0 radical (unpaired) electrons. The third-order valence-corrected chi connectivity index (χ3v) is 5.99. The molecule has 1 N–H and O–H groups in total. The molecule has 25 heavy (non-hydrogen) atoms. The second-order valence-corrected chi connectivity index (χ2v) is 8.25. The molecule has 1 aliphatic rings. The highest BCUT2D eigenvalue weighted by Crippen LogP contribution is 2.40. The third kappa shape index (κ3) is 3.02. The molecule has 4 heteroatoms. The van der Waals surface area contributed by atoms with Crippen LogP contribution >= 0.6 is 11.3 Å². The van der Waals surface area contributed by atoms with Crippen molar-refractivity contribution in [3.05, 3.63) is 58.5 Å². The number of benzene rings is 2. The van der Waals surface area contributed by atoms with Gasteiger partial charge in [-0.3, -0.25) is 4.79 Å². The second-order valence-electron chi connectivity index (χ2n) is 7.19. The van der Waals surface area contributed by atoms with E-state index < -0.39 is 0 Å². The fourth-order valence-corrected chi connectivity index (χ4v) is 4.41. The van der Waals surface area contributed by atoms with Gasteiger partial charge in [-0.2, -0.15) is 0 Å². The first-order valence-corrected chi connectivity index (χ1v) is 9.36. The van der Waals surface area contributed by atoms with Gasteiger partial charge in [0.15, 0.2) is 0 Å². The van der Waals surface area contributed by atoms with Crippen molar-refractivity contribution < 1.29 is 9.53 Å². The number of hydrogen-bond acceptors (Lipinski definition) is 3. The minimum Gasteiger partial charge on any atom is -0.488 e. The van der Waals surface area contributed by atoms with Gasteiger partial charge < -0.3 is 10.1 Å². The number of anilines is 1. The van der Waals surface area contributed by atoms with Gasteiger partial charge in [0, 0.05) is 10.4 Å². The Morgan fingerprint density at radius 3 is 2.72 bits per heavy atom. The molecule has 3 aromatic rings. The van der Waals surface area contributed by atoms with Gasteiger partial charge in [0.25, 0.3) is 5.91 Å². The number of thiophene rings is 1. The van der Waals surface area contributed by atoms with Crippen LogP contribution in [0.15, 0.2) is 42.5 Å². The molecule has 0 aliphatic carbocycles. The van der Waals surface area contributed by atoms with Crippen LogP contribution in [-0.2, 0) is 6.42 Å². The summed E-state index contributed by atoms with van der Waals surface area (Å²) in [6.45, 7) is 6.27. The summed E-state index contributed by atoms with van der Waals surface area (Å²) in [5, 5.41) is 4.14. The van der Waals surface area contributed by atoms with E-state index in [-0.39, 0.29) is 11.5 Å². The molecule has 4 rings (SSSR count). The highest BCUT2D eigenvalue weighted by Gasteiger charge is 2.27. The Kier molecular flexibility index (Phi) is 3.80. The van der Waals surface area contributed by atoms with Crippen molar-refractivity contribution in [2.24, 2.45) is 0 Å². The van der Waals surface area contributed by atoms with Crippen LogP contribution in [0.5, 0.6) is 5.75 Å². The molecule has 3 nitrogen and oxygen atoms in total. The molecule has 0 saturated heterocycles. The molecule has 2 aromatic carbocycles. The summed E-state index contributed by atoms with van der Waals surface area (Å²) < 4.78 is 7.24. The van der Waals surface area contributed by atoms with Crippen LogP contribution in [0.3, 0.4) is 0 Å². The summed E-state index contributed by atoms with van der Waals surface area (Å²) in [4.78, 5) is 13.5. The van der Waals surface area contributed by atoms with Gasteiger partial charge in [0.1, 0.15) is 11.4 Å². The van der Waals surface area contributed by atoms with Crippen LogP contribution in [0, 0.1) is 6.92 Å². The molecule has 128 valence electrons. The fraction of sp³-hybridized carbons (Fsp3) is 0.286. The van der Waals surface area contributed by atoms with Crippen molar-refractivity contribution in [2.75, 3.05) is 5.32 Å². The van der Waals surface area contributed by atoms with E-state index in [1.165, 1.54) is 16.9 Å². The van der Waals surface area contributed by atoms with E-state index in [2.05, 4.69) is 31.3 Å². The van der Waals surface area contributed by atoms with Crippen molar-refractivity contribution in [2.45, 2.75) is 39.2 Å². The fourth-order valence-electron chi connectivity index (χ4n) is 3.29. The van der Waals surface area contributed by atoms with Gasteiger partial charge in [-0.25, -0.2) is 0 Å². The maximum atomic E-state index is 12.7. The van der Waals surface area contributed by atoms with Gasteiger partial charge in [-0.15, -0.1) is 11.3 Å². The van der Waals surface area contributed by atoms with E-state index in [0.29, 0.717) is 0 Å². The maximum Gasteiger partial charge on any atom is 0.266 e. The quantitative estimate of drug-likeness (QED) is 0.656. The van der Waals surface area contributed by atoms with Crippen molar-refractivity contribution in [3.8, 4) is 5.75 Å². The van der Waals surface area contributed by atoms with Crippen LogP contribution in [0.2, 0.25) is 0 Å². The Hall–Kier alpha value is -2.33. The first kappa shape index (κ1) is 16.2. The number of amides is 1. The highest BCUT2D eigenvalue weighted by molar-refractivity contribution is 7.21. The third-order valence-electron chi connectivity index (χ3n) is 4.74. The van der Waals surface area contributed by atoms with Crippen LogP contribution in [0.25, 0.3) is 10.1 Å². The monoisotopic (exact) mass is 351 g/mol. The predicted molar refractivity (Wildman–Crippen MR) is 104 cm³/mol. The lowest BCUT2D eigenvalue weighted by atomic mass is 9.93. The Morgan fingerprint density at radius 2 is 1.96 bits per heavy atom. The molecule has 0 spiro atoms. The Labute approximate surface area is 151 Å². The Balaban J connectivity index is 1.71. The normalized spacial score (nSPS) is 15.5. The SMILES string of the molecule is Cc1c(C(=O)Nc2ccccc2)sc2cc3c(cc12)CCC(C)(C)O3. The first-order chi connectivity index (χ1) is 11.9. The molecular formula is C21H21NO2S. The smallest absolute Gasteiger partial charge is 0.266 e. The minimum atomic E-state index is -0.125. The zero-order valence-corrected chi connectivity index (χ0v) is 15.5. The van der Waals surface area contributed by atoms with Crippen LogP contribution in [0.1, 0.15) is 41.1 Å². The lowest BCUT2D eigenvalue weighted by molar-refractivity contribution is 0.0850. The summed E-state index contributed by atoms with van der Waals surface area (Å²) in [6, 6.07) is 13.9. The van der Waals surface area contributed by atoms with E-state index in [1.807, 2.05) is 37.3 Å². The molecule has 1 amide bonds. The molecule has 0 unspecified atom stereocenters. The van der Waals surface area contributed by atoms with E-state index in [1.54, 1.807) is 0 Å². The first-order valence-electron chi connectivity index (χ1n) is 8.54. The molecule has 0 bridgehead atoms. The molecule has 2 heterocycles. The average Bonchev–Trinajstić information content (AvgIpc) is 2.89. The zero-order chi connectivity index (χ0) is 17.6. The zero-order valence-electron chi connectivity index (χ0n) is 14.7. The number of fused-ring (bicyclic) bond motifs is 2. The van der Waals surface area contributed by atoms with Crippen molar-refractivity contribution >= 4 is 33.0 Å². The highest BCUT2D eigenvalue weighted by atomic mass is 32.1. The predicted octanol–water partition coefficient (Wildman–Crippen LogP) is 5.57. The van der Waals surface area contributed by atoms with Gasteiger partial charge in [0.2, 0.25) is 0 Å². The van der Waals surface area contributed by atoms with Crippen LogP contribution < -0.4 is 10.1 Å². The summed E-state index contributed by atoms with van der Waals surface area (Å²) >= 11 is 1.53. The average molecular weight is 351 g/mol. The summed E-state index contributed by atoms with van der Waals surface area (Å²) in [6.07, 6.45) is 2.02. The van der Waals surface area contributed by atoms with E-state index >= 15 is 0 Å². The number of hydrogen-bond donors (Lipinski definition) is 1. The molecule has 0 fully saturated rings. The van der Waals surface area contributed by atoms with E-state index in [9.17, 15) is 4.79 Å². The number of carbonyl (C=O) groups excluding carboxylic acids is 1. The van der Waals surface area contributed by atoms with E-state index in [4.69, 9.17) is 4.74 Å². The number of carbonyl (C=O) groups is 1. The lowest BCUT2D eigenvalue weighted by Gasteiger charge is -2.32. The number of rotatable bonds is 2. The standard InChI is InChI=1S/C21H21NO2S/c1-13-16-11-14-9-10-21(2,3)24-17(14)12-18(16)25-19(13)20(23)22-15-7-5-4-6-8-15/h4-8,11-12H,9-10H2,1-3H3,(H,22,23). The molecule has 0 atom stereocenters. The largest absolute Gasteiger partial charge is 0.488 e. The maximum absolute atomic E-state index is 12.7. The molecular weight excluding hydrogens is 330 g/mol. The Bertz CT molecular complexity index is 957. The Morgan fingerprint density at radius 1 is 1.20 bits per heavy atom. The lowest BCUT2D eigenvalue weighted by Crippen LogP contribution is -2.32. The number of para-hydroxylation sites is 1.